The van der Waals surface area contributed by atoms with E-state index >= 15 is 0 Å². The summed E-state index contributed by atoms with van der Waals surface area (Å²) in [6.45, 7) is 3.43. The topological polar surface area (TPSA) is 465 Å². The summed E-state index contributed by atoms with van der Waals surface area (Å²) in [5, 5.41) is 101. The average Bonchev–Trinajstić information content (AvgIpc) is 4.22. The minimum Gasteiger partial charge on any atom is -0.441 e. The number of H-pyrrole nitrogens is 1. The van der Waals surface area contributed by atoms with Crippen LogP contribution in [0.1, 0.15) is 65.5 Å². The van der Waals surface area contributed by atoms with E-state index in [1.165, 1.54) is 68.8 Å². The van der Waals surface area contributed by atoms with Gasteiger partial charge in [-0.25, -0.2) is 29.7 Å². The van der Waals surface area contributed by atoms with Gasteiger partial charge in [0.1, 0.15) is 89.3 Å². The number of thiazole rings is 2. The van der Waals surface area contributed by atoms with Crippen LogP contribution >= 0.6 is 22.7 Å². The summed E-state index contributed by atoms with van der Waals surface area (Å²) in [4.78, 5) is 102. The van der Waals surface area contributed by atoms with E-state index in [1.807, 2.05) is 0 Å². The van der Waals surface area contributed by atoms with E-state index < -0.39 is 147 Å². The Labute approximate surface area is 439 Å². The number of aliphatic hydroxyl groups is 8. The molecule has 6 heterocycles. The summed E-state index contributed by atoms with van der Waals surface area (Å²) >= 11 is 2.56. The van der Waals surface area contributed by atoms with E-state index in [9.17, 15) is 69.6 Å². The zero-order valence-electron chi connectivity index (χ0n) is 40.9. The number of aromatic nitrogens is 6. The molecule has 4 aromatic rings. The fourth-order valence-electron chi connectivity index (χ4n) is 7.87. The molecule has 2 aliphatic heterocycles. The van der Waals surface area contributed by atoms with Gasteiger partial charge in [0.05, 0.1) is 54.4 Å². The van der Waals surface area contributed by atoms with Crippen LogP contribution < -0.4 is 27.0 Å². The summed E-state index contributed by atoms with van der Waals surface area (Å²) in [5.74, 6) is -5.39. The standard InChI is InChI=1S/C44H59N11O19S2/c1-16(37(65)54-27(19(4)59)39(67)48-8-6-26-52-23(13-75-26)41-53-22(12-76-41)18(3)58)29(60)17(2)51-40(68)28(55-38(66)20-5-7-46-14-49-20)34(21-9-47-15-50-21)72-43-36(32(63)30(61)24(10-56)71-43)73-42-33(64)35(74-44(45)69)31(62)25(11-57)70-42/h5,7,9,12-17,19,24-25,27-36,42-43,56-57,59-64H,6,8,10-11H2,1-4H3,(H2,45,69)(H,47,50)(H,48,67)(H,51,68)(H,54,65)(H,55,66). The van der Waals surface area contributed by atoms with Gasteiger partial charge in [0.2, 0.25) is 17.7 Å². The number of rotatable bonds is 24. The van der Waals surface area contributed by atoms with Crippen molar-refractivity contribution in [2.24, 2.45) is 11.7 Å². The molecule has 5 amide bonds. The molecule has 0 bridgehead atoms. The molecule has 17 atom stereocenters. The van der Waals surface area contributed by atoms with Crippen LogP contribution in [0.15, 0.2) is 41.9 Å². The summed E-state index contributed by atoms with van der Waals surface area (Å²) in [6, 6.07) is -3.61. The van der Waals surface area contributed by atoms with E-state index in [4.69, 9.17) is 29.4 Å². The number of aromatic amines is 1. The first-order chi connectivity index (χ1) is 36.1. The third-order valence-electron chi connectivity index (χ3n) is 12.1. The first kappa shape index (κ1) is 59.1. The Bertz CT molecular complexity index is 2580. The molecule has 0 aromatic carbocycles. The molecule has 0 spiro atoms. The Morgan fingerprint density at radius 3 is 2.14 bits per heavy atom. The Hall–Kier alpha value is -6.11. The van der Waals surface area contributed by atoms with Gasteiger partial charge in [-0.05, 0) is 19.9 Å². The van der Waals surface area contributed by atoms with Gasteiger partial charge in [-0.15, -0.1) is 22.7 Å². The molecular weight excluding hydrogens is 1050 g/mol. The van der Waals surface area contributed by atoms with Gasteiger partial charge >= 0.3 is 6.09 Å². The fraction of sp³-hybridized carbons (Fsp3) is 0.568. The molecule has 32 heteroatoms. The molecule has 30 nitrogen and oxygen atoms in total. The van der Waals surface area contributed by atoms with Crippen molar-refractivity contribution in [3.05, 3.63) is 64.0 Å². The van der Waals surface area contributed by atoms with Gasteiger partial charge in [-0.1, -0.05) is 6.92 Å². The predicted molar refractivity (Wildman–Crippen MR) is 257 cm³/mol. The second-order valence-corrected chi connectivity index (χ2v) is 19.4. The highest BCUT2D eigenvalue weighted by molar-refractivity contribution is 7.14. The lowest BCUT2D eigenvalue weighted by atomic mass is 9.96. The van der Waals surface area contributed by atoms with E-state index in [0.29, 0.717) is 21.4 Å². The predicted octanol–water partition coefficient (Wildman–Crippen LogP) is -4.71. The molecule has 17 unspecified atom stereocenters. The first-order valence-electron chi connectivity index (χ1n) is 23.4. The van der Waals surface area contributed by atoms with Crippen molar-refractivity contribution in [3.63, 3.8) is 0 Å². The van der Waals surface area contributed by atoms with Crippen molar-refractivity contribution in [3.8, 4) is 10.7 Å². The van der Waals surface area contributed by atoms with Crippen LogP contribution in [0.25, 0.3) is 10.7 Å². The summed E-state index contributed by atoms with van der Waals surface area (Å²) in [7, 11) is 0. The summed E-state index contributed by atoms with van der Waals surface area (Å²) in [5.41, 5.74) is 5.59. The van der Waals surface area contributed by atoms with Crippen molar-refractivity contribution in [1.29, 1.82) is 0 Å². The smallest absolute Gasteiger partial charge is 0.404 e. The zero-order valence-corrected chi connectivity index (χ0v) is 42.5. The number of hydrogen-bond acceptors (Lipinski definition) is 26. The Morgan fingerprint density at radius 1 is 0.816 bits per heavy atom. The highest BCUT2D eigenvalue weighted by Gasteiger charge is 2.53. The minimum atomic E-state index is -2.10. The number of hydrogen-bond donors (Lipinski definition) is 14. The quantitative estimate of drug-likeness (QED) is 0.0293. The fourth-order valence-corrected chi connectivity index (χ4v) is 9.55. The molecular formula is C44H59N11O19S2. The van der Waals surface area contributed by atoms with Gasteiger partial charge in [-0.3, -0.25) is 24.0 Å². The van der Waals surface area contributed by atoms with Crippen molar-refractivity contribution >= 4 is 58.2 Å². The maximum Gasteiger partial charge on any atom is 0.404 e. The normalized spacial score (nSPS) is 26.4. The van der Waals surface area contributed by atoms with Crippen LogP contribution in [0.3, 0.4) is 0 Å². The van der Waals surface area contributed by atoms with Crippen LogP contribution in [-0.4, -0.2) is 218 Å². The van der Waals surface area contributed by atoms with Crippen LogP contribution in [0.2, 0.25) is 0 Å². The van der Waals surface area contributed by atoms with Crippen LogP contribution in [0, 0.1) is 5.92 Å². The number of carbonyl (C=O) groups is 6. The number of primary amides is 1. The van der Waals surface area contributed by atoms with Gasteiger partial charge in [0.25, 0.3) is 5.91 Å². The van der Waals surface area contributed by atoms with Gasteiger partial charge in [0, 0.05) is 43.0 Å². The Morgan fingerprint density at radius 2 is 1.53 bits per heavy atom. The van der Waals surface area contributed by atoms with Crippen molar-refractivity contribution in [2.45, 2.75) is 132 Å². The number of ketones is 1. The highest BCUT2D eigenvalue weighted by atomic mass is 32.1. The van der Waals surface area contributed by atoms with Crippen molar-refractivity contribution in [2.75, 3.05) is 19.8 Å². The van der Waals surface area contributed by atoms with Gasteiger partial charge in [0.15, 0.2) is 24.5 Å². The zero-order chi connectivity index (χ0) is 55.5. The largest absolute Gasteiger partial charge is 0.441 e. The van der Waals surface area contributed by atoms with E-state index in [2.05, 4.69) is 51.2 Å². The molecule has 0 radical (unpaired) electrons. The number of carbonyl (C=O) groups excluding carboxylic acids is 6. The lowest BCUT2D eigenvalue weighted by Crippen LogP contribution is -2.65. The molecule has 2 fully saturated rings. The molecule has 6 rings (SSSR count). The molecule has 4 aromatic heterocycles. The van der Waals surface area contributed by atoms with Gasteiger partial charge in [-0.2, -0.15) is 0 Å². The molecule has 416 valence electrons. The lowest BCUT2D eigenvalue weighted by molar-refractivity contribution is -0.372. The number of ether oxygens (including phenoxy) is 5. The molecule has 2 saturated heterocycles. The van der Waals surface area contributed by atoms with Crippen molar-refractivity contribution < 1.29 is 93.3 Å². The van der Waals surface area contributed by atoms with Crippen LogP contribution in [0.5, 0.6) is 0 Å². The SMILES string of the molecule is CC(=O)c1csc(-c2csc(CCNC(=O)C(NC(=O)C(C)C(O)C(C)NC(=O)C(NC(=O)c3ccncn3)C(OC3OC(CO)C(O)C(O)C3OC3OC(CO)C(O)C(OC(N)=O)C3O)c3c[nH]cn3)C(C)O)n2)n1. The van der Waals surface area contributed by atoms with Crippen LogP contribution in [0.4, 0.5) is 4.79 Å². The number of imidazole rings is 1. The Balaban J connectivity index is 1.19. The molecule has 2 aliphatic rings. The van der Waals surface area contributed by atoms with E-state index in [0.717, 1.165) is 12.7 Å². The van der Waals surface area contributed by atoms with Crippen LogP contribution in [-0.2, 0) is 44.5 Å². The second-order valence-electron chi connectivity index (χ2n) is 17.6. The number of nitrogens with one attached hydrogen (secondary N) is 5. The van der Waals surface area contributed by atoms with Gasteiger partial charge < -0.3 is 96.5 Å². The third-order valence-corrected chi connectivity index (χ3v) is 13.9. The monoisotopic (exact) mass is 1110 g/mol. The number of nitrogens with zero attached hydrogens (tertiary/aromatic N) is 5. The lowest BCUT2D eigenvalue weighted by Gasteiger charge is -2.47. The molecule has 15 N–H and O–H groups in total. The first-order valence-corrected chi connectivity index (χ1v) is 25.1. The number of aliphatic hydroxyl groups excluding tert-OH is 8. The second kappa shape index (κ2) is 26.8. The highest BCUT2D eigenvalue weighted by Crippen LogP contribution is 2.34. The number of nitrogens with two attached hydrogens (primary N) is 1. The Kier molecular flexibility index (Phi) is 20.8. The number of amides is 5. The maximum absolute atomic E-state index is 14.6. The summed E-state index contributed by atoms with van der Waals surface area (Å²) in [6.07, 6.45) is -20.7. The minimum absolute atomic E-state index is 0.0497. The van der Waals surface area contributed by atoms with Crippen molar-refractivity contribution in [1.82, 2.24) is 51.2 Å². The maximum atomic E-state index is 14.6. The molecule has 76 heavy (non-hydrogen) atoms. The van der Waals surface area contributed by atoms with E-state index in [1.54, 1.807) is 10.8 Å². The van der Waals surface area contributed by atoms with E-state index in [-0.39, 0.29) is 30.1 Å². The summed E-state index contributed by atoms with van der Waals surface area (Å²) < 4.78 is 28.4. The average molecular weight is 1110 g/mol. The molecule has 0 saturated carbocycles. The number of Topliss-reactive ketones (excluding diaryl/α,β-unsaturated/α-hetero) is 1. The molecule has 0 aliphatic carbocycles. The third kappa shape index (κ3) is 14.5.